The van der Waals surface area contributed by atoms with Gasteiger partial charge >= 0.3 is 0 Å². The van der Waals surface area contributed by atoms with E-state index in [0.717, 1.165) is 16.6 Å². The second-order valence-corrected chi connectivity index (χ2v) is 4.82. The first-order valence-corrected chi connectivity index (χ1v) is 6.18. The van der Waals surface area contributed by atoms with Crippen molar-refractivity contribution in [2.24, 2.45) is 0 Å². The van der Waals surface area contributed by atoms with Crippen LogP contribution in [0.2, 0.25) is 0 Å². The van der Waals surface area contributed by atoms with Crippen LogP contribution in [-0.2, 0) is 4.74 Å². The zero-order chi connectivity index (χ0) is 13.6. The first-order valence-electron chi connectivity index (χ1n) is 6.18. The van der Waals surface area contributed by atoms with Crippen molar-refractivity contribution in [2.75, 3.05) is 6.61 Å². The van der Waals surface area contributed by atoms with Crippen LogP contribution in [0.15, 0.2) is 24.5 Å². The first kappa shape index (κ1) is 12.6. The number of aliphatic hydroxyl groups is 3. The van der Waals surface area contributed by atoms with Crippen molar-refractivity contribution < 1.29 is 20.1 Å². The summed E-state index contributed by atoms with van der Waals surface area (Å²) in [4.78, 5) is 4.26. The second-order valence-electron chi connectivity index (χ2n) is 4.82. The molecule has 2 heterocycles. The van der Waals surface area contributed by atoms with Gasteiger partial charge in [0.1, 0.15) is 18.3 Å². The highest BCUT2D eigenvalue weighted by Gasteiger charge is 2.43. The summed E-state index contributed by atoms with van der Waals surface area (Å²) in [7, 11) is 0. The van der Waals surface area contributed by atoms with Gasteiger partial charge in [0.2, 0.25) is 0 Å². The lowest BCUT2D eigenvalue weighted by molar-refractivity contribution is -0.0509. The fourth-order valence-electron chi connectivity index (χ4n) is 2.57. The molecule has 1 aliphatic heterocycles. The van der Waals surface area contributed by atoms with Crippen LogP contribution in [0.25, 0.3) is 11.0 Å². The molecule has 6 nitrogen and oxygen atoms in total. The van der Waals surface area contributed by atoms with E-state index in [1.54, 1.807) is 10.9 Å². The first-order chi connectivity index (χ1) is 9.13. The van der Waals surface area contributed by atoms with Crippen molar-refractivity contribution >= 4 is 11.0 Å². The number of imidazole rings is 1. The molecular formula is C13H16N2O4. The number of para-hydroxylation sites is 1. The monoisotopic (exact) mass is 264 g/mol. The lowest BCUT2D eigenvalue weighted by Crippen LogP contribution is -2.33. The van der Waals surface area contributed by atoms with E-state index >= 15 is 0 Å². The number of aromatic nitrogens is 2. The van der Waals surface area contributed by atoms with Gasteiger partial charge in [-0.2, -0.15) is 0 Å². The van der Waals surface area contributed by atoms with Crippen molar-refractivity contribution in [1.82, 2.24) is 9.55 Å². The molecule has 0 unspecified atom stereocenters. The summed E-state index contributed by atoms with van der Waals surface area (Å²) in [6.07, 6.45) is -2.12. The standard InChI is InChI=1S/C13H16N2O4/c1-7-3-2-4-8-10(7)15(6-14-8)13-12(18)11(17)9(5-16)19-13/h2-4,6,9,11-13,16-18H,5H2,1H3/t9-,11-,12-,13-/m1/s1. The highest BCUT2D eigenvalue weighted by Crippen LogP contribution is 2.32. The molecule has 0 aliphatic carbocycles. The zero-order valence-corrected chi connectivity index (χ0v) is 10.5. The minimum Gasteiger partial charge on any atom is -0.394 e. The number of benzene rings is 1. The Kier molecular flexibility index (Phi) is 3.02. The summed E-state index contributed by atoms with van der Waals surface area (Å²) >= 11 is 0. The van der Waals surface area contributed by atoms with E-state index in [1.807, 2.05) is 25.1 Å². The van der Waals surface area contributed by atoms with Crippen LogP contribution in [0.3, 0.4) is 0 Å². The number of aliphatic hydroxyl groups excluding tert-OH is 3. The largest absolute Gasteiger partial charge is 0.394 e. The van der Waals surface area contributed by atoms with Gasteiger partial charge in [-0.05, 0) is 18.6 Å². The molecule has 1 aromatic carbocycles. The molecule has 3 N–H and O–H groups in total. The van der Waals surface area contributed by atoms with Crippen LogP contribution in [0.1, 0.15) is 11.8 Å². The smallest absolute Gasteiger partial charge is 0.164 e. The molecule has 3 rings (SSSR count). The third-order valence-electron chi connectivity index (χ3n) is 3.59. The SMILES string of the molecule is Cc1cccc2ncn([C@@H]3O[C@H](CO)[C@@H](O)[C@H]3O)c12. The minimum atomic E-state index is -1.10. The summed E-state index contributed by atoms with van der Waals surface area (Å²) in [5.74, 6) is 0. The summed E-state index contributed by atoms with van der Waals surface area (Å²) in [5, 5.41) is 29.0. The Morgan fingerprint density at radius 1 is 1.32 bits per heavy atom. The van der Waals surface area contributed by atoms with Crippen molar-refractivity contribution in [3.63, 3.8) is 0 Å². The quantitative estimate of drug-likeness (QED) is 0.708. The number of rotatable bonds is 2. The fraction of sp³-hybridized carbons (Fsp3) is 0.462. The van der Waals surface area contributed by atoms with E-state index in [2.05, 4.69) is 4.98 Å². The van der Waals surface area contributed by atoms with E-state index in [0.29, 0.717) is 0 Å². The molecular weight excluding hydrogens is 248 g/mol. The zero-order valence-electron chi connectivity index (χ0n) is 10.5. The fourth-order valence-corrected chi connectivity index (χ4v) is 2.57. The maximum Gasteiger partial charge on any atom is 0.164 e. The summed E-state index contributed by atoms with van der Waals surface area (Å²) < 4.78 is 7.22. The predicted molar refractivity (Wildman–Crippen MR) is 67.5 cm³/mol. The summed E-state index contributed by atoms with van der Waals surface area (Å²) in [5.41, 5.74) is 2.67. The second kappa shape index (κ2) is 4.57. The van der Waals surface area contributed by atoms with Crippen LogP contribution >= 0.6 is 0 Å². The van der Waals surface area contributed by atoms with Crippen LogP contribution in [0, 0.1) is 6.92 Å². The molecule has 6 heteroatoms. The van der Waals surface area contributed by atoms with E-state index in [9.17, 15) is 10.2 Å². The van der Waals surface area contributed by atoms with E-state index in [1.165, 1.54) is 0 Å². The highest BCUT2D eigenvalue weighted by atomic mass is 16.6. The molecule has 0 amide bonds. The Balaban J connectivity index is 2.06. The van der Waals surface area contributed by atoms with Crippen molar-refractivity contribution in [3.8, 4) is 0 Å². The Morgan fingerprint density at radius 2 is 2.11 bits per heavy atom. The summed E-state index contributed by atoms with van der Waals surface area (Å²) in [6.45, 7) is 1.61. The number of hydrogen-bond donors (Lipinski definition) is 3. The van der Waals surface area contributed by atoms with Crippen LogP contribution in [-0.4, -0.2) is 49.8 Å². The lowest BCUT2D eigenvalue weighted by Gasteiger charge is -2.17. The molecule has 0 spiro atoms. The van der Waals surface area contributed by atoms with Gasteiger partial charge in [0, 0.05) is 0 Å². The van der Waals surface area contributed by atoms with Gasteiger partial charge in [0.15, 0.2) is 6.23 Å². The van der Waals surface area contributed by atoms with Gasteiger partial charge in [-0.25, -0.2) is 4.98 Å². The molecule has 0 radical (unpaired) electrons. The average molecular weight is 264 g/mol. The van der Waals surface area contributed by atoms with Gasteiger partial charge in [-0.15, -0.1) is 0 Å². The number of hydrogen-bond acceptors (Lipinski definition) is 5. The minimum absolute atomic E-state index is 0.333. The van der Waals surface area contributed by atoms with Gasteiger partial charge in [-0.1, -0.05) is 12.1 Å². The van der Waals surface area contributed by atoms with Crippen LogP contribution in [0.5, 0.6) is 0 Å². The van der Waals surface area contributed by atoms with Crippen molar-refractivity contribution in [3.05, 3.63) is 30.1 Å². The molecule has 1 aliphatic rings. The Morgan fingerprint density at radius 3 is 2.79 bits per heavy atom. The molecule has 1 fully saturated rings. The van der Waals surface area contributed by atoms with Gasteiger partial charge < -0.3 is 24.6 Å². The van der Waals surface area contributed by atoms with E-state index in [-0.39, 0.29) is 6.61 Å². The molecule has 19 heavy (non-hydrogen) atoms. The molecule has 0 saturated carbocycles. The number of ether oxygens (including phenoxy) is 1. The highest BCUT2D eigenvalue weighted by molar-refractivity contribution is 5.78. The third-order valence-corrected chi connectivity index (χ3v) is 3.59. The van der Waals surface area contributed by atoms with Gasteiger partial charge in [0.05, 0.1) is 24.0 Å². The summed E-state index contributed by atoms with van der Waals surface area (Å²) in [6, 6.07) is 5.73. The molecule has 102 valence electrons. The topological polar surface area (TPSA) is 87.7 Å². The normalized spacial score (nSPS) is 31.2. The maximum absolute atomic E-state index is 10.0. The number of aryl methyl sites for hydroxylation is 1. The Labute approximate surface area is 109 Å². The Bertz CT molecular complexity index is 597. The van der Waals surface area contributed by atoms with E-state index in [4.69, 9.17) is 9.84 Å². The number of fused-ring (bicyclic) bond motifs is 1. The third kappa shape index (κ3) is 1.84. The predicted octanol–water partition coefficient (Wildman–Crippen LogP) is -0.0438. The number of nitrogens with zero attached hydrogens (tertiary/aromatic N) is 2. The lowest BCUT2D eigenvalue weighted by atomic mass is 10.1. The van der Waals surface area contributed by atoms with Gasteiger partial charge in [0.25, 0.3) is 0 Å². The van der Waals surface area contributed by atoms with Crippen molar-refractivity contribution in [1.29, 1.82) is 0 Å². The van der Waals surface area contributed by atoms with Crippen LogP contribution in [0.4, 0.5) is 0 Å². The molecule has 4 atom stereocenters. The maximum atomic E-state index is 10.0. The average Bonchev–Trinajstić information content (AvgIpc) is 2.94. The molecule has 0 bridgehead atoms. The molecule has 1 saturated heterocycles. The Hall–Kier alpha value is -1.47. The van der Waals surface area contributed by atoms with Crippen molar-refractivity contribution in [2.45, 2.75) is 31.5 Å². The van der Waals surface area contributed by atoms with Crippen LogP contribution < -0.4 is 0 Å². The van der Waals surface area contributed by atoms with E-state index < -0.39 is 24.5 Å². The molecule has 1 aromatic heterocycles. The van der Waals surface area contributed by atoms with Gasteiger partial charge in [-0.3, -0.25) is 0 Å². The molecule has 2 aromatic rings.